The molecule has 2 aromatic carbocycles. The Morgan fingerprint density at radius 3 is 2.35 bits per heavy atom. The minimum Gasteiger partial charge on any atom is -0.480 e. The fraction of sp³-hybridized carbons (Fsp3) is 0.350. The fourth-order valence-corrected chi connectivity index (χ4v) is 2.89. The number of amides is 1. The Morgan fingerprint density at radius 2 is 1.70 bits per heavy atom. The van der Waals surface area contributed by atoms with Crippen LogP contribution in [0.25, 0.3) is 0 Å². The second-order valence-corrected chi connectivity index (χ2v) is 6.47. The van der Waals surface area contributed by atoms with Crippen molar-refractivity contribution in [3.8, 4) is 5.75 Å². The van der Waals surface area contributed by atoms with Gasteiger partial charge in [0.1, 0.15) is 5.75 Å². The Bertz CT molecular complexity index is 666. The molecule has 0 aliphatic carbocycles. The minimum atomic E-state index is -0.426. The Morgan fingerprint density at radius 1 is 1.04 bits per heavy atom. The molecule has 2 atom stereocenters. The summed E-state index contributed by atoms with van der Waals surface area (Å²) in [7, 11) is 0. The standard InChI is InChI=1S/C20H23NO2/c1-13(2)15-8-10-16(11-9-15)14(3)21-20(22)19-12-17-6-4-5-7-18(17)23-19/h4-11,13-14,19H,12H2,1-3H3,(H,21,22)/t14-,19+/m0/s1. The van der Waals surface area contributed by atoms with Crippen LogP contribution >= 0.6 is 0 Å². The topological polar surface area (TPSA) is 38.3 Å². The number of hydrogen-bond acceptors (Lipinski definition) is 2. The maximum atomic E-state index is 12.4. The summed E-state index contributed by atoms with van der Waals surface area (Å²) in [6.07, 6.45) is 0.214. The van der Waals surface area contributed by atoms with Gasteiger partial charge in [0, 0.05) is 6.42 Å². The highest BCUT2D eigenvalue weighted by molar-refractivity contribution is 5.82. The first kappa shape index (κ1) is 15.6. The quantitative estimate of drug-likeness (QED) is 0.927. The lowest BCUT2D eigenvalue weighted by Gasteiger charge is -2.18. The number of fused-ring (bicyclic) bond motifs is 1. The van der Waals surface area contributed by atoms with E-state index in [4.69, 9.17) is 4.74 Å². The number of carbonyl (C=O) groups excluding carboxylic acids is 1. The highest BCUT2D eigenvalue weighted by Crippen LogP contribution is 2.28. The molecule has 120 valence electrons. The van der Waals surface area contributed by atoms with Gasteiger partial charge in [-0.1, -0.05) is 56.3 Å². The molecular formula is C20H23NO2. The van der Waals surface area contributed by atoms with Gasteiger partial charge < -0.3 is 10.1 Å². The summed E-state index contributed by atoms with van der Waals surface area (Å²) < 4.78 is 5.74. The zero-order chi connectivity index (χ0) is 16.4. The number of rotatable bonds is 4. The van der Waals surface area contributed by atoms with Crippen molar-refractivity contribution in [2.24, 2.45) is 0 Å². The molecule has 1 amide bonds. The highest BCUT2D eigenvalue weighted by atomic mass is 16.5. The molecule has 3 heteroatoms. The summed E-state index contributed by atoms with van der Waals surface area (Å²) in [5, 5.41) is 3.06. The molecule has 1 aliphatic rings. The number of para-hydroxylation sites is 1. The van der Waals surface area contributed by atoms with Crippen molar-refractivity contribution in [2.45, 2.75) is 45.3 Å². The average Bonchev–Trinajstić information content (AvgIpc) is 2.99. The Labute approximate surface area is 137 Å². The predicted molar refractivity (Wildman–Crippen MR) is 91.7 cm³/mol. The Balaban J connectivity index is 1.62. The van der Waals surface area contributed by atoms with Crippen LogP contribution < -0.4 is 10.1 Å². The molecule has 3 nitrogen and oxygen atoms in total. The minimum absolute atomic E-state index is 0.0315. The molecule has 0 saturated heterocycles. The number of hydrogen-bond donors (Lipinski definition) is 1. The van der Waals surface area contributed by atoms with Crippen LogP contribution in [0.2, 0.25) is 0 Å². The van der Waals surface area contributed by atoms with Crippen molar-refractivity contribution in [3.05, 3.63) is 65.2 Å². The SMILES string of the molecule is CC(C)c1ccc([C@H](C)NC(=O)[C@H]2Cc3ccccc3O2)cc1. The zero-order valence-corrected chi connectivity index (χ0v) is 13.9. The van der Waals surface area contributed by atoms with Crippen molar-refractivity contribution >= 4 is 5.91 Å². The van der Waals surface area contributed by atoms with Crippen molar-refractivity contribution in [3.63, 3.8) is 0 Å². The van der Waals surface area contributed by atoms with Gasteiger partial charge in [-0.05, 0) is 35.6 Å². The van der Waals surface area contributed by atoms with E-state index in [-0.39, 0.29) is 11.9 Å². The first-order chi connectivity index (χ1) is 11.0. The van der Waals surface area contributed by atoms with Gasteiger partial charge >= 0.3 is 0 Å². The zero-order valence-electron chi connectivity index (χ0n) is 13.9. The van der Waals surface area contributed by atoms with Gasteiger partial charge in [-0.25, -0.2) is 0 Å². The number of nitrogens with one attached hydrogen (secondary N) is 1. The van der Waals surface area contributed by atoms with E-state index in [1.807, 2.05) is 31.2 Å². The molecule has 0 bridgehead atoms. The van der Waals surface area contributed by atoms with Crippen LogP contribution in [0.5, 0.6) is 5.75 Å². The maximum absolute atomic E-state index is 12.4. The Hall–Kier alpha value is -2.29. The lowest BCUT2D eigenvalue weighted by Crippen LogP contribution is -2.38. The van der Waals surface area contributed by atoms with E-state index in [9.17, 15) is 4.79 Å². The van der Waals surface area contributed by atoms with Crippen molar-refractivity contribution in [2.75, 3.05) is 0 Å². The second kappa shape index (κ2) is 6.45. The summed E-state index contributed by atoms with van der Waals surface area (Å²) in [6, 6.07) is 16.2. The van der Waals surface area contributed by atoms with Crippen molar-refractivity contribution < 1.29 is 9.53 Å². The molecule has 2 aromatic rings. The summed E-state index contributed by atoms with van der Waals surface area (Å²) >= 11 is 0. The molecular weight excluding hydrogens is 286 g/mol. The van der Waals surface area contributed by atoms with E-state index in [2.05, 4.69) is 43.4 Å². The molecule has 1 N–H and O–H groups in total. The predicted octanol–water partition coefficient (Wildman–Crippen LogP) is 3.99. The normalized spacial score (nSPS) is 17.5. The first-order valence-corrected chi connectivity index (χ1v) is 8.19. The third-order valence-electron chi connectivity index (χ3n) is 4.40. The van der Waals surface area contributed by atoms with Crippen LogP contribution in [-0.4, -0.2) is 12.0 Å². The summed E-state index contributed by atoms with van der Waals surface area (Å²) in [5.41, 5.74) is 3.52. The molecule has 0 unspecified atom stereocenters. The van der Waals surface area contributed by atoms with Gasteiger partial charge in [0.2, 0.25) is 0 Å². The van der Waals surface area contributed by atoms with Crippen LogP contribution in [0.1, 0.15) is 49.4 Å². The van der Waals surface area contributed by atoms with Gasteiger partial charge in [-0.2, -0.15) is 0 Å². The monoisotopic (exact) mass is 309 g/mol. The van der Waals surface area contributed by atoms with E-state index < -0.39 is 6.10 Å². The first-order valence-electron chi connectivity index (χ1n) is 8.19. The largest absolute Gasteiger partial charge is 0.480 e. The molecule has 3 rings (SSSR count). The number of benzene rings is 2. The molecule has 0 radical (unpaired) electrons. The van der Waals surface area contributed by atoms with Crippen LogP contribution in [0.4, 0.5) is 0 Å². The second-order valence-electron chi connectivity index (χ2n) is 6.47. The van der Waals surface area contributed by atoms with Crippen molar-refractivity contribution in [1.82, 2.24) is 5.32 Å². The summed E-state index contributed by atoms with van der Waals surface area (Å²) in [5.74, 6) is 1.28. The Kier molecular flexibility index (Phi) is 4.37. The molecule has 0 aromatic heterocycles. The molecule has 0 spiro atoms. The molecule has 23 heavy (non-hydrogen) atoms. The van der Waals surface area contributed by atoms with Crippen LogP contribution in [0.3, 0.4) is 0 Å². The fourth-order valence-electron chi connectivity index (χ4n) is 2.89. The molecule has 0 fully saturated rings. The number of ether oxygens (including phenoxy) is 1. The van der Waals surface area contributed by atoms with E-state index in [0.717, 1.165) is 16.9 Å². The van der Waals surface area contributed by atoms with E-state index in [0.29, 0.717) is 12.3 Å². The third kappa shape index (κ3) is 3.39. The summed E-state index contributed by atoms with van der Waals surface area (Å²) in [6.45, 7) is 6.36. The lowest BCUT2D eigenvalue weighted by atomic mass is 9.99. The van der Waals surface area contributed by atoms with Gasteiger partial charge in [0.25, 0.3) is 5.91 Å². The third-order valence-corrected chi connectivity index (χ3v) is 4.40. The van der Waals surface area contributed by atoms with Crippen LogP contribution in [-0.2, 0) is 11.2 Å². The van der Waals surface area contributed by atoms with Gasteiger partial charge in [0.15, 0.2) is 6.10 Å². The van der Waals surface area contributed by atoms with E-state index >= 15 is 0 Å². The van der Waals surface area contributed by atoms with Crippen LogP contribution in [0, 0.1) is 0 Å². The molecule has 1 heterocycles. The van der Waals surface area contributed by atoms with Gasteiger partial charge in [0.05, 0.1) is 6.04 Å². The van der Waals surface area contributed by atoms with Gasteiger partial charge in [-0.15, -0.1) is 0 Å². The van der Waals surface area contributed by atoms with Crippen molar-refractivity contribution in [1.29, 1.82) is 0 Å². The smallest absolute Gasteiger partial charge is 0.261 e. The average molecular weight is 309 g/mol. The molecule has 0 saturated carbocycles. The molecule has 1 aliphatic heterocycles. The summed E-state index contributed by atoms with van der Waals surface area (Å²) in [4.78, 5) is 12.4. The lowest BCUT2D eigenvalue weighted by molar-refractivity contribution is -0.127. The highest BCUT2D eigenvalue weighted by Gasteiger charge is 2.29. The van der Waals surface area contributed by atoms with Crippen LogP contribution in [0.15, 0.2) is 48.5 Å². The van der Waals surface area contributed by atoms with E-state index in [1.54, 1.807) is 0 Å². The van der Waals surface area contributed by atoms with E-state index in [1.165, 1.54) is 5.56 Å². The number of carbonyl (C=O) groups is 1. The maximum Gasteiger partial charge on any atom is 0.261 e. The van der Waals surface area contributed by atoms with Gasteiger partial charge in [-0.3, -0.25) is 4.79 Å².